The monoisotopic (exact) mass is 423 g/mol. The Morgan fingerprint density at radius 1 is 1.28 bits per heavy atom. The summed E-state index contributed by atoms with van der Waals surface area (Å²) in [5, 5.41) is 10.9. The van der Waals surface area contributed by atoms with Crippen LogP contribution in [0.1, 0.15) is 45.6 Å². The van der Waals surface area contributed by atoms with Crippen molar-refractivity contribution < 1.29 is 18.0 Å². The van der Waals surface area contributed by atoms with Gasteiger partial charge >= 0.3 is 6.18 Å². The molecule has 0 aromatic heterocycles. The van der Waals surface area contributed by atoms with Gasteiger partial charge in [0.1, 0.15) is 0 Å². The van der Waals surface area contributed by atoms with Crippen LogP contribution in [0.2, 0.25) is 5.02 Å². The zero-order valence-corrected chi connectivity index (χ0v) is 17.1. The average Bonchev–Trinajstić information content (AvgIpc) is 3.03. The van der Waals surface area contributed by atoms with Crippen molar-refractivity contribution >= 4 is 17.4 Å². The molecule has 1 N–H and O–H groups in total. The zero-order chi connectivity index (χ0) is 21.2. The van der Waals surface area contributed by atoms with Gasteiger partial charge in [0.15, 0.2) is 17.6 Å². The minimum Gasteiger partial charge on any atom is -0.362 e. The first-order valence-electron chi connectivity index (χ1n) is 9.52. The number of azo groups is 1. The summed E-state index contributed by atoms with van der Waals surface area (Å²) < 4.78 is 41.7. The Morgan fingerprint density at radius 3 is 2.62 bits per heavy atom. The van der Waals surface area contributed by atoms with Crippen LogP contribution < -0.4 is 5.32 Å². The fourth-order valence-electron chi connectivity index (χ4n) is 4.97. The summed E-state index contributed by atoms with van der Waals surface area (Å²) >= 11 is 6.21. The minimum absolute atomic E-state index is 0.0124. The van der Waals surface area contributed by atoms with Gasteiger partial charge in [-0.2, -0.15) is 18.3 Å². The van der Waals surface area contributed by atoms with E-state index in [-0.39, 0.29) is 29.6 Å². The van der Waals surface area contributed by atoms with Crippen LogP contribution in [0.25, 0.3) is 0 Å². The molecule has 1 unspecified atom stereocenters. The standard InChI is InChI=1S/C21H21ClF3N3O/c1-4-20(11-6-5-7-12(22)8-11)15-13(9-19(2,3)10-14(15)29)26-18-16(20)17(27-28-18)21(23,24)25/h5-8,18,26H,4,9-10H2,1-3H3/t18?,20-/m1/s1. The number of allylic oxidation sites excluding steroid dienone is 3. The highest BCUT2D eigenvalue weighted by Crippen LogP contribution is 2.56. The molecule has 0 amide bonds. The molecule has 2 atom stereocenters. The van der Waals surface area contributed by atoms with Gasteiger partial charge in [0.2, 0.25) is 0 Å². The lowest BCUT2D eigenvalue weighted by Crippen LogP contribution is -2.52. The summed E-state index contributed by atoms with van der Waals surface area (Å²) in [5.41, 5.74) is -1.00. The number of Topliss-reactive ketones (excluding diaryl/α,β-unsaturated/α-hetero) is 1. The van der Waals surface area contributed by atoms with Crippen molar-refractivity contribution in [1.29, 1.82) is 0 Å². The van der Waals surface area contributed by atoms with Crippen LogP contribution >= 0.6 is 11.6 Å². The largest absolute Gasteiger partial charge is 0.435 e. The van der Waals surface area contributed by atoms with E-state index in [0.29, 0.717) is 28.3 Å². The van der Waals surface area contributed by atoms with E-state index < -0.39 is 23.5 Å². The van der Waals surface area contributed by atoms with Crippen LogP contribution in [0, 0.1) is 5.41 Å². The molecular weight excluding hydrogens is 403 g/mol. The van der Waals surface area contributed by atoms with Crippen LogP contribution in [-0.4, -0.2) is 18.1 Å². The van der Waals surface area contributed by atoms with Gasteiger partial charge < -0.3 is 5.32 Å². The normalized spacial score (nSPS) is 28.4. The lowest BCUT2D eigenvalue weighted by molar-refractivity contribution is -0.119. The summed E-state index contributed by atoms with van der Waals surface area (Å²) in [7, 11) is 0. The Bertz CT molecular complexity index is 993. The molecule has 4 rings (SSSR count). The van der Waals surface area contributed by atoms with Gasteiger partial charge in [-0.15, -0.1) is 5.11 Å². The molecule has 0 saturated carbocycles. The number of nitrogens with one attached hydrogen (secondary N) is 1. The first kappa shape index (κ1) is 20.1. The third-order valence-electron chi connectivity index (χ3n) is 5.99. The fourth-order valence-corrected chi connectivity index (χ4v) is 5.16. The number of ketones is 1. The molecular formula is C21H21ClF3N3O. The highest BCUT2D eigenvalue weighted by Gasteiger charge is 2.57. The second-order valence-electron chi connectivity index (χ2n) is 8.59. The number of carbonyl (C=O) groups excluding carboxylic acids is 1. The number of rotatable bonds is 2. The van der Waals surface area contributed by atoms with Crippen molar-refractivity contribution in [3.05, 3.63) is 57.4 Å². The Labute approximate surface area is 171 Å². The molecule has 4 nitrogen and oxygen atoms in total. The van der Waals surface area contributed by atoms with Crippen molar-refractivity contribution in [2.45, 2.75) is 57.8 Å². The molecule has 1 aliphatic carbocycles. The van der Waals surface area contributed by atoms with Crippen molar-refractivity contribution in [1.82, 2.24) is 5.32 Å². The van der Waals surface area contributed by atoms with Crippen LogP contribution in [0.5, 0.6) is 0 Å². The quantitative estimate of drug-likeness (QED) is 0.649. The molecule has 0 bridgehead atoms. The molecule has 29 heavy (non-hydrogen) atoms. The van der Waals surface area contributed by atoms with E-state index >= 15 is 0 Å². The topological polar surface area (TPSA) is 53.8 Å². The van der Waals surface area contributed by atoms with Crippen LogP contribution in [-0.2, 0) is 10.2 Å². The lowest BCUT2D eigenvalue weighted by Gasteiger charge is -2.48. The first-order valence-corrected chi connectivity index (χ1v) is 9.89. The Hall–Kier alpha value is -2.15. The van der Waals surface area contributed by atoms with Gasteiger partial charge in [-0.25, -0.2) is 0 Å². The minimum atomic E-state index is -4.68. The van der Waals surface area contributed by atoms with Gasteiger partial charge in [-0.1, -0.05) is 44.5 Å². The summed E-state index contributed by atoms with van der Waals surface area (Å²) in [6.07, 6.45) is -4.55. The summed E-state index contributed by atoms with van der Waals surface area (Å²) in [6.45, 7) is 5.75. The molecule has 3 aliphatic rings. The van der Waals surface area contributed by atoms with Crippen LogP contribution in [0.3, 0.4) is 0 Å². The zero-order valence-electron chi connectivity index (χ0n) is 16.3. The molecule has 154 valence electrons. The van der Waals surface area contributed by atoms with Crippen molar-refractivity contribution in [2.75, 3.05) is 0 Å². The Balaban J connectivity index is 2.09. The third-order valence-corrected chi connectivity index (χ3v) is 6.23. The van der Waals surface area contributed by atoms with Gasteiger partial charge in [0, 0.05) is 28.3 Å². The van der Waals surface area contributed by atoms with Gasteiger partial charge in [0.25, 0.3) is 0 Å². The van der Waals surface area contributed by atoms with E-state index in [1.165, 1.54) is 0 Å². The average molecular weight is 424 g/mol. The highest BCUT2D eigenvalue weighted by atomic mass is 35.5. The number of fused-ring (bicyclic) bond motifs is 1. The maximum atomic E-state index is 13.9. The maximum absolute atomic E-state index is 13.9. The number of carbonyl (C=O) groups is 1. The second kappa shape index (κ2) is 6.42. The smallest absolute Gasteiger partial charge is 0.362 e. The third kappa shape index (κ3) is 3.01. The Morgan fingerprint density at radius 2 is 2.00 bits per heavy atom. The molecule has 0 spiro atoms. The predicted octanol–water partition coefficient (Wildman–Crippen LogP) is 5.84. The summed E-state index contributed by atoms with van der Waals surface area (Å²) in [4.78, 5) is 13.3. The van der Waals surface area contributed by atoms with E-state index in [1.54, 1.807) is 31.2 Å². The predicted molar refractivity (Wildman–Crippen MR) is 103 cm³/mol. The van der Waals surface area contributed by atoms with Crippen molar-refractivity contribution in [3.63, 3.8) is 0 Å². The van der Waals surface area contributed by atoms with Gasteiger partial charge in [-0.3, -0.25) is 4.79 Å². The second-order valence-corrected chi connectivity index (χ2v) is 9.02. The number of halogens is 4. The number of nitrogens with zero attached hydrogens (tertiary/aromatic N) is 2. The molecule has 2 aliphatic heterocycles. The van der Waals surface area contributed by atoms with Gasteiger partial charge in [0.05, 0.1) is 5.41 Å². The number of hydrogen-bond donors (Lipinski definition) is 1. The summed E-state index contributed by atoms with van der Waals surface area (Å²) in [6, 6.07) is 6.73. The number of alkyl halides is 3. The van der Waals surface area contributed by atoms with Crippen molar-refractivity contribution in [2.24, 2.45) is 15.6 Å². The molecule has 0 saturated heterocycles. The molecule has 1 aromatic carbocycles. The molecule has 1 aromatic rings. The van der Waals surface area contributed by atoms with Crippen LogP contribution in [0.4, 0.5) is 13.2 Å². The Kier molecular flexibility index (Phi) is 4.46. The first-order chi connectivity index (χ1) is 13.5. The summed E-state index contributed by atoms with van der Waals surface area (Å²) in [5.74, 6) is -0.148. The van der Waals surface area contributed by atoms with E-state index in [9.17, 15) is 18.0 Å². The lowest BCUT2D eigenvalue weighted by atomic mass is 9.58. The SMILES string of the molecule is CC[C@@]1(c2cccc(Cl)c2)C2=C(CC(C)(C)CC2=O)NC2N=NC(C(F)(F)F)=C21. The fraction of sp³-hybridized carbons (Fsp3) is 0.476. The molecule has 2 heterocycles. The molecule has 0 radical (unpaired) electrons. The van der Waals surface area contributed by atoms with E-state index in [2.05, 4.69) is 15.5 Å². The highest BCUT2D eigenvalue weighted by molar-refractivity contribution is 6.30. The number of hydrogen-bond acceptors (Lipinski definition) is 4. The van der Waals surface area contributed by atoms with Crippen LogP contribution in [0.15, 0.2) is 57.0 Å². The van der Waals surface area contributed by atoms with Gasteiger partial charge in [-0.05, 0) is 36.0 Å². The van der Waals surface area contributed by atoms with Crippen molar-refractivity contribution in [3.8, 4) is 0 Å². The van der Waals surface area contributed by atoms with E-state index in [4.69, 9.17) is 11.6 Å². The van der Waals surface area contributed by atoms with E-state index in [0.717, 1.165) is 0 Å². The number of benzene rings is 1. The molecule has 8 heteroatoms. The molecule has 0 fully saturated rings. The van der Waals surface area contributed by atoms with E-state index in [1.807, 2.05) is 13.8 Å². The maximum Gasteiger partial charge on any atom is 0.435 e.